The Bertz CT molecular complexity index is 1010. The number of benzene rings is 1. The molecule has 0 aliphatic heterocycles. The minimum atomic E-state index is -0.520. The molecule has 0 spiro atoms. The molecule has 1 aromatic heterocycles. The number of carbonyl (C=O) groups is 2. The topological polar surface area (TPSA) is 77.4 Å². The van der Waals surface area contributed by atoms with Crippen molar-refractivity contribution in [3.8, 4) is 5.69 Å². The maximum Gasteiger partial charge on any atom is 0.268 e. The first-order valence-electron chi connectivity index (χ1n) is 10.2. The molecule has 0 saturated heterocycles. The molecular formula is C23H27FN2O4. The monoisotopic (exact) mass is 414 g/mol. The van der Waals surface area contributed by atoms with Crippen molar-refractivity contribution in [2.45, 2.75) is 40.0 Å². The average molecular weight is 414 g/mol. The smallest absolute Gasteiger partial charge is 0.268 e. The lowest BCUT2D eigenvalue weighted by Gasteiger charge is -2.31. The van der Waals surface area contributed by atoms with E-state index in [1.165, 1.54) is 35.0 Å². The van der Waals surface area contributed by atoms with Crippen molar-refractivity contribution in [3.05, 3.63) is 63.3 Å². The van der Waals surface area contributed by atoms with Crippen LogP contribution in [0.3, 0.4) is 0 Å². The van der Waals surface area contributed by atoms with Gasteiger partial charge in [0.2, 0.25) is 0 Å². The average Bonchev–Trinajstić information content (AvgIpc) is 2.67. The molecule has 7 heteroatoms. The van der Waals surface area contributed by atoms with Gasteiger partial charge in [0, 0.05) is 43.6 Å². The highest BCUT2D eigenvalue weighted by Gasteiger charge is 2.35. The largest absolute Gasteiger partial charge is 0.382 e. The van der Waals surface area contributed by atoms with Crippen molar-refractivity contribution < 1.29 is 18.7 Å². The number of nitrogens with zero attached hydrogens (tertiary/aromatic N) is 1. The number of amides is 1. The van der Waals surface area contributed by atoms with Gasteiger partial charge in [0.25, 0.3) is 11.5 Å². The van der Waals surface area contributed by atoms with Gasteiger partial charge in [0.05, 0.1) is 0 Å². The van der Waals surface area contributed by atoms with Gasteiger partial charge in [-0.25, -0.2) is 4.39 Å². The standard InChI is InChI=1S/C23H27FN2O4/c1-4-30-11-5-10-25-21(28)20-17-12-23(2,3)13-19(27)18(17)14-26(22(20)29)16-8-6-15(24)7-9-16/h6-9,14H,4-5,10-13H2,1-3H3,(H,25,28). The zero-order chi connectivity index (χ0) is 21.9. The number of carbonyl (C=O) groups excluding carboxylic acids is 2. The number of Topliss-reactive ketones (excluding diaryl/α,β-unsaturated/α-hetero) is 1. The summed E-state index contributed by atoms with van der Waals surface area (Å²) in [7, 11) is 0. The van der Waals surface area contributed by atoms with Gasteiger partial charge < -0.3 is 10.1 Å². The molecule has 30 heavy (non-hydrogen) atoms. The Morgan fingerprint density at radius 1 is 1.20 bits per heavy atom. The van der Waals surface area contributed by atoms with Gasteiger partial charge in [-0.15, -0.1) is 0 Å². The summed E-state index contributed by atoms with van der Waals surface area (Å²) >= 11 is 0. The lowest BCUT2D eigenvalue weighted by molar-refractivity contribution is 0.0908. The maximum absolute atomic E-state index is 13.3. The molecule has 3 rings (SSSR count). The zero-order valence-electron chi connectivity index (χ0n) is 17.6. The summed E-state index contributed by atoms with van der Waals surface area (Å²) < 4.78 is 19.9. The molecule has 160 valence electrons. The number of nitrogens with one attached hydrogen (secondary N) is 1. The Hall–Kier alpha value is -2.80. The van der Waals surface area contributed by atoms with Gasteiger partial charge in [-0.2, -0.15) is 0 Å². The summed E-state index contributed by atoms with van der Waals surface area (Å²) in [5.74, 6) is -1.05. The van der Waals surface area contributed by atoms with E-state index >= 15 is 0 Å². The maximum atomic E-state index is 13.3. The second-order valence-corrected chi connectivity index (χ2v) is 8.30. The Morgan fingerprint density at radius 3 is 2.57 bits per heavy atom. The molecule has 0 unspecified atom stereocenters. The Balaban J connectivity index is 2.06. The first-order valence-corrected chi connectivity index (χ1v) is 10.2. The molecule has 6 nitrogen and oxygen atoms in total. The van der Waals surface area contributed by atoms with E-state index < -0.39 is 17.3 Å². The second-order valence-electron chi connectivity index (χ2n) is 8.30. The SMILES string of the molecule is CCOCCCNC(=O)c1c2c(cn(-c3ccc(F)cc3)c1=O)C(=O)CC(C)(C)C2. The third kappa shape index (κ3) is 4.67. The van der Waals surface area contributed by atoms with Crippen LogP contribution in [0.2, 0.25) is 0 Å². The van der Waals surface area contributed by atoms with Crippen molar-refractivity contribution in [2.24, 2.45) is 5.41 Å². The number of ether oxygens (including phenoxy) is 1. The fourth-order valence-electron chi connectivity index (χ4n) is 3.78. The van der Waals surface area contributed by atoms with Crippen molar-refractivity contribution in [2.75, 3.05) is 19.8 Å². The molecule has 1 heterocycles. The van der Waals surface area contributed by atoms with Crippen LogP contribution in [-0.4, -0.2) is 36.0 Å². The summed E-state index contributed by atoms with van der Waals surface area (Å²) in [6, 6.07) is 5.37. The molecular weight excluding hydrogens is 387 g/mol. The number of halogens is 1. The van der Waals surface area contributed by atoms with Crippen molar-refractivity contribution in [1.82, 2.24) is 9.88 Å². The van der Waals surface area contributed by atoms with Crippen molar-refractivity contribution in [3.63, 3.8) is 0 Å². The van der Waals surface area contributed by atoms with E-state index in [-0.39, 0.29) is 16.8 Å². The number of fused-ring (bicyclic) bond motifs is 1. The van der Waals surface area contributed by atoms with E-state index in [4.69, 9.17) is 4.74 Å². The first-order chi connectivity index (χ1) is 14.2. The summed E-state index contributed by atoms with van der Waals surface area (Å²) in [5.41, 5.74) is 0.372. The van der Waals surface area contributed by atoms with Crippen LogP contribution in [-0.2, 0) is 11.2 Å². The molecule has 0 radical (unpaired) electrons. The number of rotatable bonds is 7. The number of aromatic nitrogens is 1. The summed E-state index contributed by atoms with van der Waals surface area (Å²) in [6.45, 7) is 7.25. The molecule has 0 atom stereocenters. The molecule has 1 amide bonds. The van der Waals surface area contributed by atoms with Crippen LogP contribution in [0.4, 0.5) is 4.39 Å². The lowest BCUT2D eigenvalue weighted by atomic mass is 9.73. The van der Waals surface area contributed by atoms with Crippen LogP contribution in [0, 0.1) is 11.2 Å². The number of pyridine rings is 1. The molecule has 1 aliphatic carbocycles. The van der Waals surface area contributed by atoms with Crippen LogP contribution in [0.1, 0.15) is 59.9 Å². The van der Waals surface area contributed by atoms with Crippen LogP contribution in [0.25, 0.3) is 5.69 Å². The van der Waals surface area contributed by atoms with E-state index in [2.05, 4.69) is 5.32 Å². The van der Waals surface area contributed by atoms with Gasteiger partial charge in [-0.05, 0) is 55.0 Å². The van der Waals surface area contributed by atoms with E-state index in [0.29, 0.717) is 55.8 Å². The summed E-state index contributed by atoms with van der Waals surface area (Å²) in [6.07, 6.45) is 2.88. The van der Waals surface area contributed by atoms with Gasteiger partial charge in [0.1, 0.15) is 11.4 Å². The molecule has 1 aromatic carbocycles. The summed E-state index contributed by atoms with van der Waals surface area (Å²) in [4.78, 5) is 39.1. The van der Waals surface area contributed by atoms with Gasteiger partial charge >= 0.3 is 0 Å². The van der Waals surface area contributed by atoms with E-state index in [9.17, 15) is 18.8 Å². The molecule has 0 bridgehead atoms. The summed E-state index contributed by atoms with van der Waals surface area (Å²) in [5, 5.41) is 2.78. The molecule has 2 aromatic rings. The highest BCUT2D eigenvalue weighted by Crippen LogP contribution is 2.35. The van der Waals surface area contributed by atoms with Crippen LogP contribution >= 0.6 is 0 Å². The minimum absolute atomic E-state index is 0.0191. The predicted molar refractivity (Wildman–Crippen MR) is 112 cm³/mol. The van der Waals surface area contributed by atoms with Gasteiger partial charge in [-0.1, -0.05) is 13.8 Å². The highest BCUT2D eigenvalue weighted by atomic mass is 19.1. The van der Waals surface area contributed by atoms with E-state index in [1.54, 1.807) is 0 Å². The number of ketones is 1. The zero-order valence-corrected chi connectivity index (χ0v) is 17.6. The van der Waals surface area contributed by atoms with Crippen molar-refractivity contribution in [1.29, 1.82) is 0 Å². The van der Waals surface area contributed by atoms with Crippen LogP contribution in [0.15, 0.2) is 35.3 Å². The van der Waals surface area contributed by atoms with Gasteiger partial charge in [0.15, 0.2) is 5.78 Å². The normalized spacial score (nSPS) is 15.0. The van der Waals surface area contributed by atoms with Crippen molar-refractivity contribution >= 4 is 11.7 Å². The van der Waals surface area contributed by atoms with Crippen LogP contribution < -0.4 is 10.9 Å². The van der Waals surface area contributed by atoms with E-state index in [1.807, 2.05) is 20.8 Å². The Morgan fingerprint density at radius 2 is 1.90 bits per heavy atom. The Kier molecular flexibility index (Phi) is 6.51. The quantitative estimate of drug-likeness (QED) is 0.706. The predicted octanol–water partition coefficient (Wildman–Crippen LogP) is 3.29. The number of hydrogen-bond donors (Lipinski definition) is 1. The van der Waals surface area contributed by atoms with Crippen LogP contribution in [0.5, 0.6) is 0 Å². The first kappa shape index (κ1) is 21.9. The highest BCUT2D eigenvalue weighted by molar-refractivity contribution is 6.04. The number of hydrogen-bond acceptors (Lipinski definition) is 4. The Labute approximate surface area is 175 Å². The van der Waals surface area contributed by atoms with E-state index in [0.717, 1.165) is 0 Å². The minimum Gasteiger partial charge on any atom is -0.382 e. The third-order valence-electron chi connectivity index (χ3n) is 5.20. The third-order valence-corrected chi connectivity index (χ3v) is 5.20. The molecule has 0 fully saturated rings. The second kappa shape index (κ2) is 8.92. The lowest BCUT2D eigenvalue weighted by Crippen LogP contribution is -2.39. The fourth-order valence-corrected chi connectivity index (χ4v) is 3.78. The molecule has 1 aliphatic rings. The molecule has 1 N–H and O–H groups in total. The molecule has 0 saturated carbocycles. The van der Waals surface area contributed by atoms with Gasteiger partial charge in [-0.3, -0.25) is 19.0 Å². The fraction of sp³-hybridized carbons (Fsp3) is 0.435.